The Morgan fingerprint density at radius 1 is 1.43 bits per heavy atom. The molecule has 0 bridgehead atoms. The van der Waals surface area contributed by atoms with Gasteiger partial charge in [0.25, 0.3) is 0 Å². The average Bonchev–Trinajstić information content (AvgIpc) is 1.99. The summed E-state index contributed by atoms with van der Waals surface area (Å²) in [5, 5.41) is 3.20. The Kier molecular flexibility index (Phi) is 3.10. The Hall–Kier alpha value is -0.120. The van der Waals surface area contributed by atoms with Gasteiger partial charge in [-0.1, -0.05) is 0 Å². The van der Waals surface area contributed by atoms with Crippen molar-refractivity contribution >= 4 is 0 Å². The molecule has 0 spiro atoms. The second-order valence-corrected chi connectivity index (χ2v) is 5.01. The zero-order valence-electron chi connectivity index (χ0n) is 9.21. The molecule has 2 fully saturated rings. The van der Waals surface area contributed by atoms with E-state index in [0.29, 0.717) is 12.2 Å². The van der Waals surface area contributed by atoms with Gasteiger partial charge in [0, 0.05) is 13.1 Å². The van der Waals surface area contributed by atoms with E-state index in [4.69, 9.17) is 9.47 Å². The molecule has 3 nitrogen and oxygen atoms in total. The van der Waals surface area contributed by atoms with Crippen LogP contribution < -0.4 is 5.32 Å². The van der Waals surface area contributed by atoms with Gasteiger partial charge in [0.15, 0.2) is 0 Å². The van der Waals surface area contributed by atoms with Gasteiger partial charge in [-0.2, -0.15) is 0 Å². The van der Waals surface area contributed by atoms with E-state index >= 15 is 0 Å². The fraction of sp³-hybridized carbons (Fsp3) is 1.00. The molecule has 1 atom stereocenters. The van der Waals surface area contributed by atoms with E-state index in [1.165, 1.54) is 12.8 Å². The fourth-order valence-electron chi connectivity index (χ4n) is 2.07. The lowest BCUT2D eigenvalue weighted by atomic mass is 9.95. The van der Waals surface area contributed by atoms with Gasteiger partial charge in [-0.3, -0.25) is 0 Å². The van der Waals surface area contributed by atoms with Gasteiger partial charge in [0.1, 0.15) is 0 Å². The van der Waals surface area contributed by atoms with Gasteiger partial charge in [0.2, 0.25) is 0 Å². The summed E-state index contributed by atoms with van der Waals surface area (Å²) < 4.78 is 11.7. The van der Waals surface area contributed by atoms with Crippen LogP contribution in [-0.2, 0) is 9.47 Å². The van der Waals surface area contributed by atoms with Crippen molar-refractivity contribution in [2.75, 3.05) is 19.7 Å². The fourth-order valence-corrected chi connectivity index (χ4v) is 2.07. The third-order valence-corrected chi connectivity index (χ3v) is 3.05. The van der Waals surface area contributed by atoms with E-state index < -0.39 is 0 Å². The van der Waals surface area contributed by atoms with Crippen LogP contribution in [0.15, 0.2) is 0 Å². The molecular weight excluding hydrogens is 178 g/mol. The molecule has 2 rings (SSSR count). The smallest absolute Gasteiger partial charge is 0.0824 e. The normalized spacial score (nSPS) is 32.6. The second kappa shape index (κ2) is 4.17. The van der Waals surface area contributed by atoms with Crippen molar-refractivity contribution in [2.24, 2.45) is 0 Å². The van der Waals surface area contributed by atoms with Crippen molar-refractivity contribution in [1.82, 2.24) is 5.32 Å². The van der Waals surface area contributed by atoms with Crippen molar-refractivity contribution in [3.8, 4) is 0 Å². The minimum Gasteiger partial charge on any atom is -0.373 e. The summed E-state index contributed by atoms with van der Waals surface area (Å²) >= 11 is 0. The number of nitrogens with one attached hydrogen (secondary N) is 1. The number of hydrogen-bond acceptors (Lipinski definition) is 3. The molecule has 1 unspecified atom stereocenters. The molecular formula is C11H21NO2. The maximum absolute atomic E-state index is 5.95. The van der Waals surface area contributed by atoms with E-state index in [0.717, 1.165) is 26.1 Å². The van der Waals surface area contributed by atoms with Crippen LogP contribution in [0.4, 0.5) is 0 Å². The van der Waals surface area contributed by atoms with E-state index in [-0.39, 0.29) is 5.60 Å². The minimum absolute atomic E-state index is 0.0597. The first-order valence-electron chi connectivity index (χ1n) is 5.66. The highest BCUT2D eigenvalue weighted by atomic mass is 16.6. The standard InChI is InChI=1S/C11H21NO2/c1-11(2)5-3-4-9(14-11)8-13-10-6-12-7-10/h9-10,12H,3-8H2,1-2H3. The van der Waals surface area contributed by atoms with E-state index in [1.807, 2.05) is 0 Å². The molecule has 3 heteroatoms. The van der Waals surface area contributed by atoms with Crippen LogP contribution in [0.25, 0.3) is 0 Å². The molecule has 2 saturated heterocycles. The van der Waals surface area contributed by atoms with Gasteiger partial charge in [-0.25, -0.2) is 0 Å². The molecule has 2 aliphatic heterocycles. The zero-order valence-corrected chi connectivity index (χ0v) is 9.21. The first-order valence-corrected chi connectivity index (χ1v) is 5.66. The lowest BCUT2D eigenvalue weighted by Gasteiger charge is -2.37. The predicted molar refractivity (Wildman–Crippen MR) is 55.4 cm³/mol. The molecule has 0 aromatic heterocycles. The lowest BCUT2D eigenvalue weighted by molar-refractivity contribution is -0.143. The van der Waals surface area contributed by atoms with Crippen molar-refractivity contribution in [2.45, 2.75) is 50.9 Å². The average molecular weight is 199 g/mol. The van der Waals surface area contributed by atoms with E-state index in [2.05, 4.69) is 19.2 Å². The molecule has 2 aliphatic rings. The van der Waals surface area contributed by atoms with Crippen LogP contribution in [0.5, 0.6) is 0 Å². The van der Waals surface area contributed by atoms with Crippen molar-refractivity contribution in [1.29, 1.82) is 0 Å². The molecule has 0 amide bonds. The molecule has 1 N–H and O–H groups in total. The maximum atomic E-state index is 5.95. The predicted octanol–water partition coefficient (Wildman–Crippen LogP) is 1.32. The van der Waals surface area contributed by atoms with Crippen LogP contribution in [-0.4, -0.2) is 37.5 Å². The summed E-state index contributed by atoms with van der Waals surface area (Å²) in [6.45, 7) is 7.14. The number of ether oxygens (including phenoxy) is 2. The van der Waals surface area contributed by atoms with Crippen molar-refractivity contribution in [3.63, 3.8) is 0 Å². The molecule has 82 valence electrons. The van der Waals surface area contributed by atoms with Crippen LogP contribution >= 0.6 is 0 Å². The van der Waals surface area contributed by atoms with Crippen LogP contribution in [0.1, 0.15) is 33.1 Å². The summed E-state index contributed by atoms with van der Waals surface area (Å²) in [5.74, 6) is 0. The van der Waals surface area contributed by atoms with Gasteiger partial charge in [0.05, 0.1) is 24.4 Å². The highest BCUT2D eigenvalue weighted by Gasteiger charge is 2.29. The summed E-state index contributed by atoms with van der Waals surface area (Å²) in [5.41, 5.74) is 0.0597. The Morgan fingerprint density at radius 3 is 2.79 bits per heavy atom. The van der Waals surface area contributed by atoms with Gasteiger partial charge in [-0.05, 0) is 33.1 Å². The van der Waals surface area contributed by atoms with Gasteiger partial charge >= 0.3 is 0 Å². The van der Waals surface area contributed by atoms with Crippen LogP contribution in [0.2, 0.25) is 0 Å². The molecule has 0 radical (unpaired) electrons. The molecule has 0 aromatic rings. The van der Waals surface area contributed by atoms with E-state index in [9.17, 15) is 0 Å². The highest BCUT2D eigenvalue weighted by Crippen LogP contribution is 2.28. The van der Waals surface area contributed by atoms with Crippen molar-refractivity contribution in [3.05, 3.63) is 0 Å². The summed E-state index contributed by atoms with van der Waals surface area (Å²) in [4.78, 5) is 0. The quantitative estimate of drug-likeness (QED) is 0.743. The number of hydrogen-bond donors (Lipinski definition) is 1. The van der Waals surface area contributed by atoms with Gasteiger partial charge in [-0.15, -0.1) is 0 Å². The Bertz CT molecular complexity index is 190. The topological polar surface area (TPSA) is 30.5 Å². The first kappa shape index (κ1) is 10.4. The Labute approximate surface area is 86.2 Å². The zero-order chi connectivity index (χ0) is 10.0. The SMILES string of the molecule is CC1(C)CCCC(COC2CNC2)O1. The second-order valence-electron chi connectivity index (χ2n) is 5.01. The Balaban J connectivity index is 1.69. The Morgan fingerprint density at radius 2 is 2.21 bits per heavy atom. The highest BCUT2D eigenvalue weighted by molar-refractivity contribution is 4.79. The lowest BCUT2D eigenvalue weighted by Crippen LogP contribution is -2.50. The number of rotatable bonds is 3. The van der Waals surface area contributed by atoms with Gasteiger partial charge < -0.3 is 14.8 Å². The third-order valence-electron chi connectivity index (χ3n) is 3.05. The monoisotopic (exact) mass is 199 g/mol. The summed E-state index contributed by atoms with van der Waals surface area (Å²) in [7, 11) is 0. The minimum atomic E-state index is 0.0597. The third kappa shape index (κ3) is 2.69. The van der Waals surface area contributed by atoms with Crippen LogP contribution in [0.3, 0.4) is 0 Å². The first-order chi connectivity index (χ1) is 6.66. The largest absolute Gasteiger partial charge is 0.373 e. The van der Waals surface area contributed by atoms with Crippen molar-refractivity contribution < 1.29 is 9.47 Å². The molecule has 0 aromatic carbocycles. The summed E-state index contributed by atoms with van der Waals surface area (Å²) in [6.07, 6.45) is 4.35. The molecule has 0 aliphatic carbocycles. The summed E-state index contributed by atoms with van der Waals surface area (Å²) in [6, 6.07) is 0. The maximum Gasteiger partial charge on any atom is 0.0824 e. The molecule has 0 saturated carbocycles. The molecule has 14 heavy (non-hydrogen) atoms. The van der Waals surface area contributed by atoms with E-state index in [1.54, 1.807) is 0 Å². The van der Waals surface area contributed by atoms with Crippen LogP contribution in [0, 0.1) is 0 Å². The molecule has 2 heterocycles.